The number of halogens is 1. The van der Waals surface area contributed by atoms with Crippen LogP contribution in [0.1, 0.15) is 0 Å². The highest BCUT2D eigenvalue weighted by atomic mass is 35.5. The topological polar surface area (TPSA) is 28.1 Å². The molecule has 0 aliphatic carbocycles. The Balaban J connectivity index is 3.01. The van der Waals surface area contributed by atoms with Gasteiger partial charge in [0.05, 0.1) is 6.07 Å². The molecule has 1 aliphatic heterocycles. The van der Waals surface area contributed by atoms with E-state index >= 15 is 0 Å². The van der Waals surface area contributed by atoms with Crippen molar-refractivity contribution in [1.29, 1.82) is 0 Å². The van der Waals surface area contributed by atoms with E-state index in [9.17, 15) is 0 Å². The van der Waals surface area contributed by atoms with Crippen molar-refractivity contribution >= 4 is 16.6 Å². The van der Waals surface area contributed by atoms with Crippen molar-refractivity contribution in [2.75, 3.05) is 0 Å². The molecule has 2 nitrogen and oxygen atoms in total. The average molecular weight is 152 g/mol. The van der Waals surface area contributed by atoms with E-state index in [1.54, 1.807) is 12.4 Å². The molecular weight excluding hydrogens is 148 g/mol. The Bertz CT molecular complexity index is 386. The van der Waals surface area contributed by atoms with E-state index < -0.39 is 0 Å². The number of nitrogens with one attached hydrogen (secondary N) is 1. The minimum absolute atomic E-state index is 0.617. The van der Waals surface area contributed by atoms with Crippen molar-refractivity contribution < 1.29 is 0 Å². The minimum Gasteiger partial charge on any atom is -0.327 e. The maximum Gasteiger partial charge on any atom is 0.275 e. The summed E-state index contributed by atoms with van der Waals surface area (Å²) in [7, 11) is 0. The van der Waals surface area contributed by atoms with E-state index in [1.165, 1.54) is 0 Å². The second kappa shape index (κ2) is 1.94. The molecule has 0 radical (unpaired) electrons. The van der Waals surface area contributed by atoms with Crippen molar-refractivity contribution in [3.05, 3.63) is 35.2 Å². The first kappa shape index (κ1) is 5.66. The Morgan fingerprint density at radius 3 is 3.30 bits per heavy atom. The third kappa shape index (κ3) is 0.670. The minimum atomic E-state index is 0.617. The summed E-state index contributed by atoms with van der Waals surface area (Å²) in [6.45, 7) is 0. The third-order valence-corrected chi connectivity index (χ3v) is 1.66. The molecule has 0 bridgehead atoms. The number of aromatic nitrogens is 1. The lowest BCUT2D eigenvalue weighted by Crippen LogP contribution is -2.24. The number of H-pyrrole nitrogens is 1. The molecule has 1 N–H and O–H groups in total. The molecule has 1 aromatic heterocycles. The molecule has 0 unspecified atom stereocenters. The van der Waals surface area contributed by atoms with Crippen LogP contribution in [0, 0.1) is 6.08 Å². The van der Waals surface area contributed by atoms with E-state index in [2.05, 4.69) is 16.1 Å². The second-order valence-electron chi connectivity index (χ2n) is 1.96. The maximum atomic E-state index is 5.78. The fourth-order valence-corrected chi connectivity index (χ4v) is 1.08. The second-order valence-corrected chi connectivity index (χ2v) is 2.33. The summed E-state index contributed by atoms with van der Waals surface area (Å²) >= 11 is 5.78. The fourth-order valence-electron chi connectivity index (χ4n) is 0.876. The highest BCUT2D eigenvalue weighted by Crippen LogP contribution is 2.00. The van der Waals surface area contributed by atoms with E-state index in [0.29, 0.717) is 5.03 Å². The monoisotopic (exact) mass is 151 g/mol. The van der Waals surface area contributed by atoms with E-state index in [1.807, 2.05) is 6.07 Å². The summed E-state index contributed by atoms with van der Waals surface area (Å²) in [6, 6.07) is 1.88. The van der Waals surface area contributed by atoms with Crippen molar-refractivity contribution in [2.45, 2.75) is 0 Å². The molecule has 0 aromatic carbocycles. The Morgan fingerprint density at radius 2 is 2.50 bits per heavy atom. The Kier molecular flexibility index (Phi) is 1.10. The van der Waals surface area contributed by atoms with Gasteiger partial charge >= 0.3 is 0 Å². The van der Waals surface area contributed by atoms with Crippen molar-refractivity contribution in [3.8, 4) is 0 Å². The smallest absolute Gasteiger partial charge is 0.275 e. The summed E-state index contributed by atoms with van der Waals surface area (Å²) in [6.07, 6.45) is 6.15. The van der Waals surface area contributed by atoms with Gasteiger partial charge in [-0.05, 0) is 11.6 Å². The molecular formula is C7H4ClN2+. The third-order valence-electron chi connectivity index (χ3n) is 1.35. The first-order chi connectivity index (χ1) is 4.88. The summed E-state index contributed by atoms with van der Waals surface area (Å²) < 4.78 is 0. The molecule has 1 aliphatic rings. The Hall–Kier alpha value is -1.11. The summed E-state index contributed by atoms with van der Waals surface area (Å²) in [5.41, 5.74) is 0.809. The van der Waals surface area contributed by atoms with E-state index in [-0.39, 0.29) is 0 Å². The van der Waals surface area contributed by atoms with Crippen molar-refractivity contribution in [3.63, 3.8) is 0 Å². The Morgan fingerprint density at radius 1 is 1.60 bits per heavy atom. The standard InChI is InChI=1S/C7H4ClN2/c8-6-2-4-10-7-5(6)1-3-9-7/h1,3-4H,(H,9,10)/q+1. The SMILES string of the molecule is ClC1=c2cc[nH]c2=NC=[C+]1. The van der Waals surface area contributed by atoms with Crippen LogP contribution in [0.3, 0.4) is 0 Å². The molecule has 2 rings (SSSR count). The van der Waals surface area contributed by atoms with Gasteiger partial charge in [0.15, 0.2) is 11.4 Å². The Labute approximate surface area is 62.5 Å². The normalized spacial score (nSPS) is 13.9. The van der Waals surface area contributed by atoms with Crippen LogP contribution in [0.2, 0.25) is 0 Å². The highest BCUT2D eigenvalue weighted by molar-refractivity contribution is 6.46. The van der Waals surface area contributed by atoms with Gasteiger partial charge in [-0.25, -0.2) is 0 Å². The molecule has 0 saturated carbocycles. The van der Waals surface area contributed by atoms with Crippen LogP contribution in [-0.4, -0.2) is 4.98 Å². The summed E-state index contributed by atoms with van der Waals surface area (Å²) in [5.74, 6) is 0. The largest absolute Gasteiger partial charge is 0.327 e. The van der Waals surface area contributed by atoms with Gasteiger partial charge in [0.1, 0.15) is 6.08 Å². The van der Waals surface area contributed by atoms with Crippen LogP contribution < -0.4 is 10.7 Å². The van der Waals surface area contributed by atoms with Crippen LogP contribution in [0.25, 0.3) is 5.03 Å². The first-order valence-electron chi connectivity index (χ1n) is 2.87. The molecule has 0 amide bonds. The zero-order chi connectivity index (χ0) is 6.97. The quantitative estimate of drug-likeness (QED) is 0.517. The number of fused-ring (bicyclic) bond motifs is 1. The van der Waals surface area contributed by atoms with Gasteiger partial charge in [-0.3, -0.25) is 0 Å². The highest BCUT2D eigenvalue weighted by Gasteiger charge is 2.09. The van der Waals surface area contributed by atoms with E-state index in [0.717, 1.165) is 10.7 Å². The summed E-state index contributed by atoms with van der Waals surface area (Å²) in [5, 5.41) is 1.54. The lowest BCUT2D eigenvalue weighted by molar-refractivity contribution is 1.16. The van der Waals surface area contributed by atoms with Gasteiger partial charge in [-0.2, -0.15) is 4.99 Å². The van der Waals surface area contributed by atoms with Gasteiger partial charge in [-0.15, -0.1) is 0 Å². The molecule has 0 fully saturated rings. The molecule has 1 aromatic rings. The number of rotatable bonds is 0. The van der Waals surface area contributed by atoms with Crippen LogP contribution in [-0.2, 0) is 0 Å². The molecule has 0 atom stereocenters. The summed E-state index contributed by atoms with van der Waals surface area (Å²) in [4.78, 5) is 6.95. The molecule has 48 valence electrons. The van der Waals surface area contributed by atoms with Crippen LogP contribution >= 0.6 is 11.6 Å². The van der Waals surface area contributed by atoms with Crippen molar-refractivity contribution in [2.24, 2.45) is 4.99 Å². The number of allylic oxidation sites excluding steroid dienone is 1. The van der Waals surface area contributed by atoms with Gasteiger partial charge in [0.25, 0.3) is 5.03 Å². The predicted molar refractivity (Wildman–Crippen MR) is 38.6 cm³/mol. The zero-order valence-corrected chi connectivity index (χ0v) is 5.81. The van der Waals surface area contributed by atoms with Crippen LogP contribution in [0.5, 0.6) is 0 Å². The molecule has 0 spiro atoms. The number of hydrogen-bond acceptors (Lipinski definition) is 1. The molecule has 0 saturated heterocycles. The van der Waals surface area contributed by atoms with Crippen LogP contribution in [0.4, 0.5) is 0 Å². The first-order valence-corrected chi connectivity index (χ1v) is 3.25. The predicted octanol–water partition coefficient (Wildman–Crippen LogP) is 0.312. The molecule has 3 heteroatoms. The van der Waals surface area contributed by atoms with Crippen LogP contribution in [0.15, 0.2) is 23.5 Å². The molecule has 10 heavy (non-hydrogen) atoms. The molecule has 2 heterocycles. The van der Waals surface area contributed by atoms with Gasteiger partial charge < -0.3 is 4.98 Å². The zero-order valence-electron chi connectivity index (χ0n) is 5.06. The van der Waals surface area contributed by atoms with E-state index in [4.69, 9.17) is 11.6 Å². The maximum absolute atomic E-state index is 5.78. The van der Waals surface area contributed by atoms with Gasteiger partial charge in [-0.1, -0.05) is 0 Å². The van der Waals surface area contributed by atoms with Gasteiger partial charge in [0, 0.05) is 6.20 Å². The average Bonchev–Trinajstić information content (AvgIpc) is 2.36. The number of hydrogen-bond donors (Lipinski definition) is 1. The van der Waals surface area contributed by atoms with Gasteiger partial charge in [0.2, 0.25) is 5.49 Å². The lowest BCUT2D eigenvalue weighted by atomic mass is 10.4. The van der Waals surface area contributed by atoms with Crippen molar-refractivity contribution in [1.82, 2.24) is 4.98 Å². The lowest BCUT2D eigenvalue weighted by Gasteiger charge is -1.76. The number of aromatic amines is 1. The fraction of sp³-hybridized carbons (Fsp3) is 0. The number of nitrogens with zero attached hydrogens (tertiary/aromatic N) is 1.